The zero-order valence-electron chi connectivity index (χ0n) is 14.3. The molecule has 3 rings (SSSR count). The molecule has 0 spiro atoms. The van der Waals surface area contributed by atoms with Gasteiger partial charge in [0.15, 0.2) is 11.5 Å². The molecule has 0 bridgehead atoms. The van der Waals surface area contributed by atoms with E-state index in [1.54, 1.807) is 17.0 Å². The summed E-state index contributed by atoms with van der Waals surface area (Å²) in [6, 6.07) is 3.17. The average Bonchev–Trinajstić information content (AvgIpc) is 3.25. The zero-order chi connectivity index (χ0) is 19.8. The lowest BCUT2D eigenvalue weighted by Crippen LogP contribution is -2.51. The van der Waals surface area contributed by atoms with Crippen LogP contribution >= 0.6 is 11.6 Å². The first-order chi connectivity index (χ1) is 12.7. The molecule has 0 aromatic carbocycles. The molecule has 1 aliphatic heterocycles. The van der Waals surface area contributed by atoms with Gasteiger partial charge in [0.05, 0.1) is 17.0 Å². The van der Waals surface area contributed by atoms with Crippen molar-refractivity contribution in [3.8, 4) is 0 Å². The summed E-state index contributed by atoms with van der Waals surface area (Å²) < 4.78 is 44.6. The number of rotatable bonds is 3. The number of furan rings is 1. The Hall–Kier alpha value is -2.49. The Labute approximate surface area is 157 Å². The predicted molar refractivity (Wildman–Crippen MR) is 88.2 cm³/mol. The Bertz CT molecular complexity index is 840. The molecule has 2 aromatic rings. The fourth-order valence-electron chi connectivity index (χ4n) is 2.80. The summed E-state index contributed by atoms with van der Waals surface area (Å²) in [5.74, 6) is -0.441. The monoisotopic (exact) mass is 404 g/mol. The molecule has 0 unspecified atom stereocenters. The normalized spacial score (nSPS) is 15.3. The molecule has 0 atom stereocenters. The van der Waals surface area contributed by atoms with Crippen molar-refractivity contribution in [1.29, 1.82) is 0 Å². The second kappa shape index (κ2) is 7.26. The summed E-state index contributed by atoms with van der Waals surface area (Å²) >= 11 is 5.69. The van der Waals surface area contributed by atoms with Gasteiger partial charge in [-0.1, -0.05) is 11.6 Å². The third-order valence-electron chi connectivity index (χ3n) is 4.34. The van der Waals surface area contributed by atoms with E-state index < -0.39 is 22.8 Å². The molecule has 0 aliphatic carbocycles. The molecule has 2 aromatic heterocycles. The van der Waals surface area contributed by atoms with E-state index >= 15 is 0 Å². The van der Waals surface area contributed by atoms with Crippen LogP contribution in [0.5, 0.6) is 0 Å². The first kappa shape index (κ1) is 19.3. The maximum Gasteiger partial charge on any atom is 0.436 e. The van der Waals surface area contributed by atoms with Crippen molar-refractivity contribution in [1.82, 2.24) is 19.6 Å². The molecule has 0 saturated carbocycles. The van der Waals surface area contributed by atoms with Crippen LogP contribution in [-0.2, 0) is 17.5 Å². The third kappa shape index (κ3) is 3.95. The van der Waals surface area contributed by atoms with Gasteiger partial charge in [0.25, 0.3) is 5.91 Å². The summed E-state index contributed by atoms with van der Waals surface area (Å²) in [7, 11) is 0. The number of aromatic nitrogens is 2. The van der Waals surface area contributed by atoms with Gasteiger partial charge in [-0.15, -0.1) is 0 Å². The second-order valence-corrected chi connectivity index (χ2v) is 6.43. The van der Waals surface area contributed by atoms with Gasteiger partial charge in [0.1, 0.15) is 6.54 Å². The Balaban J connectivity index is 1.61. The van der Waals surface area contributed by atoms with Gasteiger partial charge in [-0.3, -0.25) is 14.3 Å². The lowest BCUT2D eigenvalue weighted by Gasteiger charge is -2.34. The van der Waals surface area contributed by atoms with Crippen LogP contribution in [0.4, 0.5) is 13.2 Å². The van der Waals surface area contributed by atoms with E-state index in [2.05, 4.69) is 5.10 Å². The molecule has 0 N–H and O–H groups in total. The van der Waals surface area contributed by atoms with E-state index in [4.69, 9.17) is 16.0 Å². The van der Waals surface area contributed by atoms with Crippen molar-refractivity contribution in [2.45, 2.75) is 19.6 Å². The number of nitrogens with zero attached hydrogens (tertiary/aromatic N) is 4. The molecule has 0 radical (unpaired) electrons. The van der Waals surface area contributed by atoms with E-state index in [-0.39, 0.29) is 37.0 Å². The van der Waals surface area contributed by atoms with Crippen molar-refractivity contribution in [3.63, 3.8) is 0 Å². The maximum absolute atomic E-state index is 12.9. The van der Waals surface area contributed by atoms with E-state index in [9.17, 15) is 22.8 Å². The van der Waals surface area contributed by atoms with Crippen LogP contribution in [0.3, 0.4) is 0 Å². The van der Waals surface area contributed by atoms with E-state index in [1.165, 1.54) is 18.1 Å². The topological polar surface area (TPSA) is 71.6 Å². The van der Waals surface area contributed by atoms with Crippen LogP contribution in [-0.4, -0.2) is 57.6 Å². The SMILES string of the molecule is Cc1c(Cl)c(C(F)(F)F)nn1CC(=O)N1CCN(C(=O)c2ccco2)CC1. The van der Waals surface area contributed by atoms with Gasteiger partial charge < -0.3 is 14.2 Å². The minimum atomic E-state index is -4.69. The standard InChI is InChI=1S/C16H16ClF3N4O3/c1-10-13(17)14(16(18,19)20)21-24(10)9-12(25)22-4-6-23(7-5-22)15(26)11-3-2-8-27-11/h2-3,8H,4-7,9H2,1H3. The Morgan fingerprint density at radius 3 is 2.37 bits per heavy atom. The van der Waals surface area contributed by atoms with Crippen LogP contribution in [0, 0.1) is 6.92 Å². The average molecular weight is 405 g/mol. The predicted octanol–water partition coefficient (Wildman–Crippen LogP) is 2.44. The second-order valence-electron chi connectivity index (χ2n) is 6.05. The van der Waals surface area contributed by atoms with E-state index in [0.29, 0.717) is 13.1 Å². The van der Waals surface area contributed by atoms with E-state index in [0.717, 1.165) is 4.68 Å². The Kier molecular flexibility index (Phi) is 5.18. The van der Waals surface area contributed by atoms with Crippen molar-refractivity contribution in [2.75, 3.05) is 26.2 Å². The summed E-state index contributed by atoms with van der Waals surface area (Å²) in [5.41, 5.74) is -1.13. The van der Waals surface area contributed by atoms with E-state index in [1.807, 2.05) is 0 Å². The van der Waals surface area contributed by atoms with Crippen LogP contribution in [0.15, 0.2) is 22.8 Å². The number of alkyl halides is 3. The molecule has 2 amide bonds. The first-order valence-electron chi connectivity index (χ1n) is 8.09. The molecule has 1 fully saturated rings. The number of carbonyl (C=O) groups is 2. The van der Waals surface area contributed by atoms with Crippen molar-refractivity contribution in [3.05, 3.63) is 40.6 Å². The summed E-state index contributed by atoms with van der Waals surface area (Å²) in [5, 5.41) is 2.92. The number of halogens is 4. The smallest absolute Gasteiger partial charge is 0.436 e. The number of piperazine rings is 1. The van der Waals surface area contributed by atoms with Gasteiger partial charge in [-0.05, 0) is 19.1 Å². The molecule has 1 aliphatic rings. The number of amides is 2. The minimum absolute atomic E-state index is 0.0731. The number of hydrogen-bond donors (Lipinski definition) is 0. The fraction of sp³-hybridized carbons (Fsp3) is 0.438. The highest BCUT2D eigenvalue weighted by Gasteiger charge is 2.38. The summed E-state index contributed by atoms with van der Waals surface area (Å²) in [4.78, 5) is 27.7. The molecule has 27 heavy (non-hydrogen) atoms. The van der Waals surface area contributed by atoms with Gasteiger partial charge in [0.2, 0.25) is 5.91 Å². The van der Waals surface area contributed by atoms with Crippen molar-refractivity contribution >= 4 is 23.4 Å². The van der Waals surface area contributed by atoms with Crippen LogP contribution in [0.25, 0.3) is 0 Å². The molecular weight excluding hydrogens is 389 g/mol. The van der Waals surface area contributed by atoms with Crippen LogP contribution in [0.1, 0.15) is 21.9 Å². The van der Waals surface area contributed by atoms with Crippen LogP contribution < -0.4 is 0 Å². The summed E-state index contributed by atoms with van der Waals surface area (Å²) in [6.45, 7) is 2.17. The lowest BCUT2D eigenvalue weighted by atomic mass is 10.2. The minimum Gasteiger partial charge on any atom is -0.459 e. The molecule has 11 heteroatoms. The Morgan fingerprint density at radius 1 is 1.22 bits per heavy atom. The molecular formula is C16H16ClF3N4O3. The van der Waals surface area contributed by atoms with Crippen LogP contribution in [0.2, 0.25) is 5.02 Å². The molecule has 7 nitrogen and oxygen atoms in total. The summed E-state index contributed by atoms with van der Waals surface area (Å²) in [6.07, 6.45) is -3.28. The zero-order valence-corrected chi connectivity index (χ0v) is 15.0. The van der Waals surface area contributed by atoms with Crippen molar-refractivity contribution in [2.24, 2.45) is 0 Å². The highest BCUT2D eigenvalue weighted by molar-refractivity contribution is 6.32. The molecule has 3 heterocycles. The van der Waals surface area contributed by atoms with Gasteiger partial charge >= 0.3 is 6.18 Å². The quantitative estimate of drug-likeness (QED) is 0.787. The van der Waals surface area contributed by atoms with Gasteiger partial charge in [-0.2, -0.15) is 18.3 Å². The lowest BCUT2D eigenvalue weighted by molar-refractivity contribution is -0.142. The third-order valence-corrected chi connectivity index (χ3v) is 4.79. The van der Waals surface area contributed by atoms with Gasteiger partial charge in [0, 0.05) is 26.2 Å². The van der Waals surface area contributed by atoms with Crippen molar-refractivity contribution < 1.29 is 27.2 Å². The maximum atomic E-state index is 12.9. The largest absolute Gasteiger partial charge is 0.459 e. The highest BCUT2D eigenvalue weighted by Crippen LogP contribution is 2.35. The molecule has 1 saturated heterocycles. The first-order valence-corrected chi connectivity index (χ1v) is 8.47. The van der Waals surface area contributed by atoms with Gasteiger partial charge in [-0.25, -0.2) is 0 Å². The highest BCUT2D eigenvalue weighted by atomic mass is 35.5. The number of carbonyl (C=O) groups excluding carboxylic acids is 2. The fourth-order valence-corrected chi connectivity index (χ4v) is 3.04. The Morgan fingerprint density at radius 2 is 1.85 bits per heavy atom. The molecule has 146 valence electrons. The number of hydrogen-bond acceptors (Lipinski definition) is 4.